The molecule has 2 heterocycles. The highest BCUT2D eigenvalue weighted by molar-refractivity contribution is 6.52. The van der Waals surface area contributed by atoms with Crippen LogP contribution >= 0.6 is 0 Å². The molecule has 0 aromatic rings. The highest BCUT2D eigenvalue weighted by Crippen LogP contribution is 2.21. The van der Waals surface area contributed by atoms with E-state index in [2.05, 4.69) is 27.7 Å². The first-order chi connectivity index (χ1) is 10.0. The summed E-state index contributed by atoms with van der Waals surface area (Å²) in [6.07, 6.45) is 2.22. The van der Waals surface area contributed by atoms with Gasteiger partial charge in [0.1, 0.15) is 0 Å². The molecule has 21 heavy (non-hydrogen) atoms. The number of rotatable bonds is 6. The van der Waals surface area contributed by atoms with Crippen LogP contribution in [0, 0.1) is 23.7 Å². The van der Waals surface area contributed by atoms with Gasteiger partial charge in [0.15, 0.2) is 0 Å². The quantitative estimate of drug-likeness (QED) is 0.705. The summed E-state index contributed by atoms with van der Waals surface area (Å²) in [5.74, 6) is 2.21. The van der Waals surface area contributed by atoms with Gasteiger partial charge in [0, 0.05) is 38.3 Å². The van der Waals surface area contributed by atoms with Crippen molar-refractivity contribution in [2.75, 3.05) is 26.4 Å². The average Bonchev–Trinajstić information content (AvgIpc) is 2.42. The molecule has 0 aromatic heterocycles. The van der Waals surface area contributed by atoms with Crippen LogP contribution in [0.1, 0.15) is 40.5 Å². The van der Waals surface area contributed by atoms with Crippen LogP contribution in [0.3, 0.4) is 0 Å². The zero-order valence-electron chi connectivity index (χ0n) is 13.7. The van der Waals surface area contributed by atoms with E-state index < -0.39 is 14.6 Å². The van der Waals surface area contributed by atoms with Crippen molar-refractivity contribution in [3.63, 3.8) is 0 Å². The molecule has 7 heteroatoms. The fraction of sp³-hybridized carbons (Fsp3) is 1.00. The maximum Gasteiger partial charge on any atom is 0.627 e. The topological polar surface area (TPSA) is 46.2 Å². The normalized spacial score (nSPS) is 22.6. The molecule has 0 aliphatic carbocycles. The van der Waals surface area contributed by atoms with Crippen LogP contribution in [-0.4, -0.2) is 41.1 Å². The van der Waals surface area contributed by atoms with E-state index >= 15 is 0 Å². The summed E-state index contributed by atoms with van der Waals surface area (Å²) in [4.78, 5) is 0. The molecular formula is C14H28B2O5. The summed E-state index contributed by atoms with van der Waals surface area (Å²) in [5, 5.41) is 0. The van der Waals surface area contributed by atoms with E-state index in [1.807, 2.05) is 0 Å². The molecule has 0 unspecified atom stereocenters. The van der Waals surface area contributed by atoms with Crippen molar-refractivity contribution in [3.8, 4) is 0 Å². The summed E-state index contributed by atoms with van der Waals surface area (Å²) < 4.78 is 27.9. The Morgan fingerprint density at radius 1 is 0.762 bits per heavy atom. The molecule has 120 valence electrons. The minimum absolute atomic E-state index is 0.452. The third-order valence-corrected chi connectivity index (χ3v) is 3.70. The van der Waals surface area contributed by atoms with Crippen LogP contribution in [0.4, 0.5) is 0 Å². The first-order valence-electron chi connectivity index (χ1n) is 8.14. The predicted molar refractivity (Wildman–Crippen MR) is 82.3 cm³/mol. The fourth-order valence-electron chi connectivity index (χ4n) is 2.90. The number of hydrogen-bond donors (Lipinski definition) is 0. The summed E-state index contributed by atoms with van der Waals surface area (Å²) >= 11 is 0. The smallest absolute Gasteiger partial charge is 0.399 e. The Bertz CT molecular complexity index is 259. The molecule has 0 N–H and O–H groups in total. The molecule has 0 saturated carbocycles. The Kier molecular flexibility index (Phi) is 7.02. The van der Waals surface area contributed by atoms with Gasteiger partial charge in [-0.2, -0.15) is 0 Å². The maximum absolute atomic E-state index is 5.58. The molecule has 0 aromatic carbocycles. The van der Waals surface area contributed by atoms with Crippen molar-refractivity contribution >= 4 is 14.6 Å². The van der Waals surface area contributed by atoms with Crippen molar-refractivity contribution in [1.82, 2.24) is 0 Å². The van der Waals surface area contributed by atoms with E-state index in [1.165, 1.54) is 0 Å². The fourth-order valence-corrected chi connectivity index (χ4v) is 2.90. The Balaban J connectivity index is 1.61. The summed E-state index contributed by atoms with van der Waals surface area (Å²) in [6, 6.07) is 0. The Hall–Kier alpha value is -0.0701. The Labute approximate surface area is 129 Å². The largest absolute Gasteiger partial charge is 0.627 e. The monoisotopic (exact) mass is 298 g/mol. The predicted octanol–water partition coefficient (Wildman–Crippen LogP) is 2.39. The second kappa shape index (κ2) is 8.53. The van der Waals surface area contributed by atoms with Gasteiger partial charge in [0.05, 0.1) is 0 Å². The van der Waals surface area contributed by atoms with Crippen LogP contribution in [-0.2, 0) is 23.2 Å². The average molecular weight is 298 g/mol. The van der Waals surface area contributed by atoms with Gasteiger partial charge in [-0.25, -0.2) is 0 Å². The number of hydrogen-bond acceptors (Lipinski definition) is 5. The van der Waals surface area contributed by atoms with Crippen molar-refractivity contribution in [2.24, 2.45) is 23.7 Å². The molecule has 5 nitrogen and oxygen atoms in total. The second-order valence-electron chi connectivity index (χ2n) is 7.04. The second-order valence-corrected chi connectivity index (χ2v) is 7.04. The van der Waals surface area contributed by atoms with Gasteiger partial charge >= 0.3 is 14.6 Å². The molecule has 2 saturated heterocycles. The van der Waals surface area contributed by atoms with Gasteiger partial charge in [-0.05, 0) is 24.7 Å². The van der Waals surface area contributed by atoms with Crippen LogP contribution in [0.25, 0.3) is 0 Å². The highest BCUT2D eigenvalue weighted by Gasteiger charge is 2.39. The van der Waals surface area contributed by atoms with Crippen LogP contribution in [0.2, 0.25) is 0 Å². The van der Waals surface area contributed by atoms with E-state index in [-0.39, 0.29) is 0 Å². The van der Waals surface area contributed by atoms with Crippen molar-refractivity contribution < 1.29 is 23.2 Å². The first kappa shape index (κ1) is 17.3. The minimum atomic E-state index is -0.667. The van der Waals surface area contributed by atoms with Crippen LogP contribution in [0.5, 0.6) is 0 Å². The van der Waals surface area contributed by atoms with E-state index in [0.717, 1.165) is 12.8 Å². The van der Waals surface area contributed by atoms with E-state index in [9.17, 15) is 0 Å². The lowest BCUT2D eigenvalue weighted by molar-refractivity contribution is -0.00549. The molecular weight excluding hydrogens is 270 g/mol. The third-order valence-electron chi connectivity index (χ3n) is 3.70. The SMILES string of the molecule is CC(C)CC1COB(OB2OCC(CC(C)C)CO2)OC1. The van der Waals surface area contributed by atoms with Crippen LogP contribution < -0.4 is 0 Å². The first-order valence-corrected chi connectivity index (χ1v) is 8.14. The van der Waals surface area contributed by atoms with Gasteiger partial charge in [-0.15, -0.1) is 0 Å². The van der Waals surface area contributed by atoms with Crippen LogP contribution in [0.15, 0.2) is 0 Å². The Morgan fingerprint density at radius 3 is 1.38 bits per heavy atom. The zero-order valence-corrected chi connectivity index (χ0v) is 13.7. The standard InChI is InChI=1S/C14H28B2O5/c1-11(2)5-13-7-17-15(18-8-13)21-16-19-9-14(10-20-16)6-12(3)4/h11-14H,5-10H2,1-4H3. The lowest BCUT2D eigenvalue weighted by Crippen LogP contribution is -2.47. The molecule has 0 atom stereocenters. The molecule has 0 bridgehead atoms. The zero-order chi connectivity index (χ0) is 15.2. The molecule has 2 fully saturated rings. The molecule has 0 amide bonds. The van der Waals surface area contributed by atoms with Crippen molar-refractivity contribution in [2.45, 2.75) is 40.5 Å². The van der Waals surface area contributed by atoms with E-state index in [1.54, 1.807) is 0 Å². The molecule has 2 aliphatic rings. The Morgan fingerprint density at radius 2 is 1.10 bits per heavy atom. The van der Waals surface area contributed by atoms with Gasteiger partial charge < -0.3 is 23.2 Å². The minimum Gasteiger partial charge on any atom is -0.399 e. The van der Waals surface area contributed by atoms with Crippen molar-refractivity contribution in [3.05, 3.63) is 0 Å². The van der Waals surface area contributed by atoms with E-state index in [4.69, 9.17) is 23.2 Å². The van der Waals surface area contributed by atoms with Gasteiger partial charge in [0.25, 0.3) is 0 Å². The van der Waals surface area contributed by atoms with E-state index in [0.29, 0.717) is 50.1 Å². The highest BCUT2D eigenvalue weighted by atomic mass is 16.8. The molecule has 2 aliphatic heterocycles. The van der Waals surface area contributed by atoms with Gasteiger partial charge in [0.2, 0.25) is 0 Å². The summed E-state index contributed by atoms with van der Waals surface area (Å²) in [6.45, 7) is 11.5. The summed E-state index contributed by atoms with van der Waals surface area (Å²) in [7, 11) is -1.33. The molecule has 0 spiro atoms. The van der Waals surface area contributed by atoms with Crippen molar-refractivity contribution in [1.29, 1.82) is 0 Å². The van der Waals surface area contributed by atoms with Gasteiger partial charge in [-0.3, -0.25) is 0 Å². The maximum atomic E-state index is 5.58. The van der Waals surface area contributed by atoms with Gasteiger partial charge in [-0.1, -0.05) is 27.7 Å². The third kappa shape index (κ3) is 6.28. The summed E-state index contributed by atoms with van der Waals surface area (Å²) in [5.41, 5.74) is 0. The lowest BCUT2D eigenvalue weighted by atomic mass is 9.94. The molecule has 0 radical (unpaired) electrons. The lowest BCUT2D eigenvalue weighted by Gasteiger charge is -2.31. The molecule has 2 rings (SSSR count).